The highest BCUT2D eigenvalue weighted by Crippen LogP contribution is 2.14. The van der Waals surface area contributed by atoms with Gasteiger partial charge in [0, 0.05) is 19.3 Å². The Morgan fingerprint density at radius 1 is 0.323 bits per heavy atom. The molecular formula is C59H98O6. The molecule has 0 spiro atoms. The van der Waals surface area contributed by atoms with E-state index in [0.717, 1.165) is 103 Å². The topological polar surface area (TPSA) is 78.9 Å². The first-order valence-electron chi connectivity index (χ1n) is 26.7. The molecule has 0 saturated heterocycles. The van der Waals surface area contributed by atoms with E-state index in [0.29, 0.717) is 19.3 Å². The van der Waals surface area contributed by atoms with Crippen molar-refractivity contribution in [2.24, 2.45) is 0 Å². The van der Waals surface area contributed by atoms with Crippen molar-refractivity contribution in [2.75, 3.05) is 13.2 Å². The van der Waals surface area contributed by atoms with E-state index in [1.165, 1.54) is 89.9 Å². The minimum absolute atomic E-state index is 0.103. The summed E-state index contributed by atoms with van der Waals surface area (Å²) in [5.74, 6) is -0.975. The van der Waals surface area contributed by atoms with Crippen LogP contribution in [0.1, 0.15) is 239 Å². The van der Waals surface area contributed by atoms with E-state index < -0.39 is 6.10 Å². The third kappa shape index (κ3) is 51.2. The van der Waals surface area contributed by atoms with Crippen LogP contribution >= 0.6 is 0 Å². The van der Waals surface area contributed by atoms with E-state index in [2.05, 4.69) is 118 Å². The van der Waals surface area contributed by atoms with Crippen molar-refractivity contribution in [3.05, 3.63) is 97.2 Å². The van der Waals surface area contributed by atoms with Gasteiger partial charge in [0.15, 0.2) is 6.10 Å². The number of unbranched alkanes of at least 4 members (excludes halogenated alkanes) is 20. The Labute approximate surface area is 400 Å². The van der Waals surface area contributed by atoms with Crippen LogP contribution < -0.4 is 0 Å². The molecule has 0 aromatic carbocycles. The highest BCUT2D eigenvalue weighted by atomic mass is 16.6. The first-order chi connectivity index (χ1) is 32.0. The molecule has 0 bridgehead atoms. The maximum Gasteiger partial charge on any atom is 0.306 e. The predicted octanol–water partition coefficient (Wildman–Crippen LogP) is 17.8. The van der Waals surface area contributed by atoms with E-state index in [1.807, 2.05) is 0 Å². The fraction of sp³-hybridized carbons (Fsp3) is 0.678. The second-order valence-electron chi connectivity index (χ2n) is 17.4. The summed E-state index contributed by atoms with van der Waals surface area (Å²) in [4.78, 5) is 38.0. The van der Waals surface area contributed by atoms with Crippen molar-refractivity contribution >= 4 is 17.9 Å². The van der Waals surface area contributed by atoms with Gasteiger partial charge in [0.2, 0.25) is 0 Å². The Morgan fingerprint density at radius 2 is 0.600 bits per heavy atom. The van der Waals surface area contributed by atoms with Gasteiger partial charge in [-0.3, -0.25) is 14.4 Å². The molecule has 6 heteroatoms. The Balaban J connectivity index is 4.50. The zero-order chi connectivity index (χ0) is 47.2. The van der Waals surface area contributed by atoms with Crippen LogP contribution in [-0.4, -0.2) is 37.2 Å². The molecule has 0 aromatic rings. The molecule has 0 aliphatic carbocycles. The monoisotopic (exact) mass is 903 g/mol. The van der Waals surface area contributed by atoms with E-state index in [1.54, 1.807) is 0 Å². The van der Waals surface area contributed by atoms with Crippen LogP contribution in [0.5, 0.6) is 0 Å². The molecule has 0 amide bonds. The average molecular weight is 903 g/mol. The van der Waals surface area contributed by atoms with Gasteiger partial charge in [0.1, 0.15) is 13.2 Å². The fourth-order valence-corrected chi connectivity index (χ4v) is 7.06. The molecule has 0 aliphatic heterocycles. The number of ether oxygens (including phenoxy) is 3. The highest BCUT2D eigenvalue weighted by Gasteiger charge is 2.19. The van der Waals surface area contributed by atoms with Crippen molar-refractivity contribution in [1.29, 1.82) is 0 Å². The summed E-state index contributed by atoms with van der Waals surface area (Å²) in [6.45, 7) is 6.43. The summed E-state index contributed by atoms with van der Waals surface area (Å²) < 4.78 is 16.8. The van der Waals surface area contributed by atoms with E-state index in [-0.39, 0.29) is 37.5 Å². The Hall–Kier alpha value is -3.67. The van der Waals surface area contributed by atoms with Gasteiger partial charge in [0.25, 0.3) is 0 Å². The van der Waals surface area contributed by atoms with Gasteiger partial charge in [-0.25, -0.2) is 0 Å². The van der Waals surface area contributed by atoms with E-state index >= 15 is 0 Å². The molecule has 6 nitrogen and oxygen atoms in total. The number of carbonyl (C=O) groups is 3. The van der Waals surface area contributed by atoms with Gasteiger partial charge >= 0.3 is 17.9 Å². The van der Waals surface area contributed by atoms with Crippen molar-refractivity contribution in [3.8, 4) is 0 Å². The SMILES string of the molecule is CC/C=C\C/C=C\C/C=C\C/C=C\C/C=C\CCCCCC(=O)OC[C@@H](COC(=O)CCCCCCCCCCCCCCC)OC(=O)CCCC/C=C\C/C=C\C/C=C\CCCCC. The molecule has 0 heterocycles. The van der Waals surface area contributed by atoms with Gasteiger partial charge in [-0.1, -0.05) is 214 Å². The zero-order valence-corrected chi connectivity index (χ0v) is 42.2. The molecule has 0 radical (unpaired) electrons. The number of allylic oxidation sites excluding steroid dienone is 16. The van der Waals surface area contributed by atoms with Gasteiger partial charge in [-0.15, -0.1) is 0 Å². The van der Waals surface area contributed by atoms with Crippen LogP contribution in [0.2, 0.25) is 0 Å². The van der Waals surface area contributed by atoms with E-state index in [4.69, 9.17) is 14.2 Å². The van der Waals surface area contributed by atoms with Crippen molar-refractivity contribution in [3.63, 3.8) is 0 Å². The van der Waals surface area contributed by atoms with Crippen molar-refractivity contribution in [2.45, 2.75) is 245 Å². The smallest absolute Gasteiger partial charge is 0.306 e. The Kier molecular flexibility index (Phi) is 50.0. The summed E-state index contributed by atoms with van der Waals surface area (Å²) in [6, 6.07) is 0. The summed E-state index contributed by atoms with van der Waals surface area (Å²) in [5.41, 5.74) is 0. The Morgan fingerprint density at radius 3 is 1.00 bits per heavy atom. The number of rotatable bonds is 47. The first-order valence-corrected chi connectivity index (χ1v) is 26.7. The van der Waals surface area contributed by atoms with Crippen LogP contribution in [0.15, 0.2) is 97.2 Å². The van der Waals surface area contributed by atoms with Gasteiger partial charge in [-0.05, 0) is 103 Å². The van der Waals surface area contributed by atoms with Gasteiger partial charge in [-0.2, -0.15) is 0 Å². The van der Waals surface area contributed by atoms with Crippen LogP contribution in [-0.2, 0) is 28.6 Å². The predicted molar refractivity (Wildman–Crippen MR) is 279 cm³/mol. The zero-order valence-electron chi connectivity index (χ0n) is 42.2. The molecule has 0 rings (SSSR count). The Bertz CT molecular complexity index is 1310. The minimum atomic E-state index is -0.810. The molecule has 1 atom stereocenters. The summed E-state index contributed by atoms with van der Waals surface area (Å²) in [7, 11) is 0. The summed E-state index contributed by atoms with van der Waals surface area (Å²) >= 11 is 0. The first kappa shape index (κ1) is 61.3. The normalized spacial score (nSPS) is 12.8. The second-order valence-corrected chi connectivity index (χ2v) is 17.4. The number of carbonyl (C=O) groups excluding carboxylic acids is 3. The lowest BCUT2D eigenvalue weighted by Gasteiger charge is -2.18. The molecule has 370 valence electrons. The summed E-state index contributed by atoms with van der Waals surface area (Å²) in [6.07, 6.45) is 69.6. The van der Waals surface area contributed by atoms with Crippen molar-refractivity contribution in [1.82, 2.24) is 0 Å². The molecule has 0 fully saturated rings. The quantitative estimate of drug-likeness (QED) is 0.0262. The standard InChI is InChI=1S/C59H98O6/c1-4-7-10-13-16-19-22-25-27-28-29-30-32-34-37-40-43-46-49-52-58(61)64-55-56(54-63-57(60)51-48-45-42-39-36-33-24-21-18-15-12-9-6-3)65-59(62)53-50-47-44-41-38-35-31-26-23-20-17-14-11-8-5-2/h7,10,16-17,19-20,25-27,29-31,34,37-38,41,56H,4-6,8-9,11-15,18,21-24,28,32-33,35-36,39-40,42-55H2,1-3H3/b10-7-,19-16-,20-17-,27-25-,30-29-,31-26-,37-34-,41-38-/t56-/m1/s1. The lowest BCUT2D eigenvalue weighted by Crippen LogP contribution is -2.30. The lowest BCUT2D eigenvalue weighted by atomic mass is 10.0. The third-order valence-electron chi connectivity index (χ3n) is 11.1. The van der Waals surface area contributed by atoms with Gasteiger partial charge in [0.05, 0.1) is 0 Å². The maximum atomic E-state index is 12.8. The fourth-order valence-electron chi connectivity index (χ4n) is 7.06. The highest BCUT2D eigenvalue weighted by molar-refractivity contribution is 5.71. The van der Waals surface area contributed by atoms with Crippen LogP contribution in [0.4, 0.5) is 0 Å². The second kappa shape index (κ2) is 52.9. The third-order valence-corrected chi connectivity index (χ3v) is 11.1. The lowest BCUT2D eigenvalue weighted by molar-refractivity contribution is -0.167. The summed E-state index contributed by atoms with van der Waals surface area (Å²) in [5, 5.41) is 0. The van der Waals surface area contributed by atoms with Crippen LogP contribution in [0, 0.1) is 0 Å². The molecule has 65 heavy (non-hydrogen) atoms. The largest absolute Gasteiger partial charge is 0.462 e. The van der Waals surface area contributed by atoms with Crippen LogP contribution in [0.3, 0.4) is 0 Å². The average Bonchev–Trinajstić information content (AvgIpc) is 3.30. The number of hydrogen-bond donors (Lipinski definition) is 0. The molecule has 0 aromatic heterocycles. The maximum absolute atomic E-state index is 12.8. The van der Waals surface area contributed by atoms with Crippen LogP contribution in [0.25, 0.3) is 0 Å². The molecule has 0 aliphatic rings. The molecular weight excluding hydrogens is 805 g/mol. The number of hydrogen-bond acceptors (Lipinski definition) is 6. The molecule has 0 unspecified atom stereocenters. The van der Waals surface area contributed by atoms with Gasteiger partial charge < -0.3 is 14.2 Å². The minimum Gasteiger partial charge on any atom is -0.462 e. The molecule has 0 saturated carbocycles. The van der Waals surface area contributed by atoms with Crippen molar-refractivity contribution < 1.29 is 28.6 Å². The van der Waals surface area contributed by atoms with E-state index in [9.17, 15) is 14.4 Å². The number of esters is 3. The molecule has 0 N–H and O–H groups in total.